The third-order valence-electron chi connectivity index (χ3n) is 4.76. The van der Waals surface area contributed by atoms with E-state index in [2.05, 4.69) is 27.7 Å². The lowest BCUT2D eigenvalue weighted by Gasteiger charge is -2.32. The molecule has 0 aromatic heterocycles. The maximum absolute atomic E-state index is 2.41. The molecule has 0 heteroatoms. The van der Waals surface area contributed by atoms with Crippen molar-refractivity contribution in [2.75, 3.05) is 0 Å². The van der Waals surface area contributed by atoms with Crippen LogP contribution in [-0.2, 0) is 0 Å². The molecule has 76 valence electrons. The second-order valence-electron chi connectivity index (χ2n) is 5.54. The van der Waals surface area contributed by atoms with Gasteiger partial charge in [-0.05, 0) is 41.9 Å². The predicted octanol–water partition coefficient (Wildman–Crippen LogP) is 3.96. The summed E-state index contributed by atoms with van der Waals surface area (Å²) in [6.07, 6.45) is 4.39. The van der Waals surface area contributed by atoms with Crippen LogP contribution in [0.25, 0.3) is 0 Å². The Morgan fingerprint density at radius 3 is 2.15 bits per heavy atom. The molecule has 0 amide bonds. The van der Waals surface area contributed by atoms with Gasteiger partial charge < -0.3 is 0 Å². The molecule has 0 saturated heterocycles. The minimum Gasteiger partial charge on any atom is -0.0651 e. The molecule has 2 aliphatic rings. The van der Waals surface area contributed by atoms with Gasteiger partial charge in [0.05, 0.1) is 0 Å². The van der Waals surface area contributed by atoms with E-state index in [0.717, 1.165) is 35.5 Å². The highest BCUT2D eigenvalue weighted by Crippen LogP contribution is 2.69. The smallest absolute Gasteiger partial charge is 0.0318 e. The van der Waals surface area contributed by atoms with Gasteiger partial charge in [0.15, 0.2) is 0 Å². The molecule has 0 heterocycles. The maximum atomic E-state index is 2.41. The van der Waals surface area contributed by atoms with Gasteiger partial charge in [-0.15, -0.1) is 0 Å². The second kappa shape index (κ2) is 3.29. The topological polar surface area (TPSA) is 0 Å². The molecule has 0 N–H and O–H groups in total. The third-order valence-corrected chi connectivity index (χ3v) is 4.76. The Labute approximate surface area is 83.1 Å². The van der Waals surface area contributed by atoms with E-state index < -0.39 is 0 Å². The quantitative estimate of drug-likeness (QED) is 0.614. The summed E-state index contributed by atoms with van der Waals surface area (Å²) in [5, 5.41) is 0. The molecule has 0 aromatic carbocycles. The summed E-state index contributed by atoms with van der Waals surface area (Å²) in [7, 11) is 0. The Morgan fingerprint density at radius 2 is 1.77 bits per heavy atom. The number of fused-ring (bicyclic) bond motifs is 1. The summed E-state index contributed by atoms with van der Waals surface area (Å²) in [5.41, 5.74) is 0. The lowest BCUT2D eigenvalue weighted by Crippen LogP contribution is -2.24. The van der Waals surface area contributed by atoms with Gasteiger partial charge in [0.2, 0.25) is 0 Å². The summed E-state index contributed by atoms with van der Waals surface area (Å²) < 4.78 is 0. The molecule has 4 unspecified atom stereocenters. The molecule has 2 rings (SSSR count). The molecule has 0 radical (unpaired) electrons. The van der Waals surface area contributed by atoms with Crippen LogP contribution in [0.2, 0.25) is 0 Å². The van der Waals surface area contributed by atoms with Crippen LogP contribution in [0.1, 0.15) is 47.0 Å². The lowest BCUT2D eigenvalue weighted by atomic mass is 9.73. The Bertz CT molecular complexity index is 178. The molecule has 2 fully saturated rings. The number of rotatable bonds is 4. The standard InChI is InChI=1S/C13H24/c1-5-9(6-2)10-7-11-12(8(3)4)13(10)11/h8-13H,5-7H2,1-4H3. The summed E-state index contributed by atoms with van der Waals surface area (Å²) in [4.78, 5) is 0. The molecule has 0 nitrogen and oxygen atoms in total. The molecule has 0 aliphatic heterocycles. The van der Waals surface area contributed by atoms with Gasteiger partial charge in [0.1, 0.15) is 0 Å². The molecule has 0 bridgehead atoms. The first-order valence-corrected chi connectivity index (χ1v) is 6.20. The lowest BCUT2D eigenvalue weighted by molar-refractivity contribution is 0.175. The van der Waals surface area contributed by atoms with Crippen molar-refractivity contribution in [3.63, 3.8) is 0 Å². The van der Waals surface area contributed by atoms with Crippen molar-refractivity contribution in [1.82, 2.24) is 0 Å². The first kappa shape index (κ1) is 9.55. The first-order chi connectivity index (χ1) is 6.20. The Hall–Kier alpha value is 0. The molecule has 4 atom stereocenters. The summed E-state index contributed by atoms with van der Waals surface area (Å²) in [6.45, 7) is 9.56. The first-order valence-electron chi connectivity index (χ1n) is 6.20. The van der Waals surface area contributed by atoms with Crippen molar-refractivity contribution in [2.24, 2.45) is 35.5 Å². The largest absolute Gasteiger partial charge is 0.0651 e. The monoisotopic (exact) mass is 180 g/mol. The minimum absolute atomic E-state index is 0.953. The van der Waals surface area contributed by atoms with Gasteiger partial charge in [0.25, 0.3) is 0 Å². The van der Waals surface area contributed by atoms with Crippen molar-refractivity contribution >= 4 is 0 Å². The molecule has 13 heavy (non-hydrogen) atoms. The molecular formula is C13H24. The van der Waals surface area contributed by atoms with Crippen molar-refractivity contribution in [3.8, 4) is 0 Å². The van der Waals surface area contributed by atoms with Crippen molar-refractivity contribution in [2.45, 2.75) is 47.0 Å². The normalized spacial score (nSPS) is 42.0. The summed E-state index contributed by atoms with van der Waals surface area (Å²) in [6, 6.07) is 0. The van der Waals surface area contributed by atoms with Crippen LogP contribution in [0.4, 0.5) is 0 Å². The fraction of sp³-hybridized carbons (Fsp3) is 1.00. The molecular weight excluding hydrogens is 156 g/mol. The zero-order valence-corrected chi connectivity index (χ0v) is 9.59. The second-order valence-corrected chi connectivity index (χ2v) is 5.54. The maximum Gasteiger partial charge on any atom is -0.0318 e. The van der Waals surface area contributed by atoms with E-state index in [1.165, 1.54) is 12.8 Å². The van der Waals surface area contributed by atoms with Gasteiger partial charge in [0, 0.05) is 0 Å². The summed E-state index contributed by atoms with van der Waals surface area (Å²) >= 11 is 0. The van der Waals surface area contributed by atoms with Gasteiger partial charge in [-0.3, -0.25) is 0 Å². The summed E-state index contributed by atoms with van der Waals surface area (Å²) in [5.74, 6) is 6.55. The van der Waals surface area contributed by atoms with E-state index in [-0.39, 0.29) is 0 Å². The van der Waals surface area contributed by atoms with E-state index in [0.29, 0.717) is 0 Å². The van der Waals surface area contributed by atoms with E-state index in [1.807, 2.05) is 0 Å². The van der Waals surface area contributed by atoms with Crippen LogP contribution in [-0.4, -0.2) is 0 Å². The Morgan fingerprint density at radius 1 is 1.15 bits per heavy atom. The van der Waals surface area contributed by atoms with E-state index >= 15 is 0 Å². The van der Waals surface area contributed by atoms with E-state index in [1.54, 1.807) is 6.42 Å². The molecule has 0 spiro atoms. The fourth-order valence-electron chi connectivity index (χ4n) is 3.96. The van der Waals surface area contributed by atoms with Crippen LogP contribution in [0, 0.1) is 35.5 Å². The molecule has 2 saturated carbocycles. The van der Waals surface area contributed by atoms with Gasteiger partial charge >= 0.3 is 0 Å². The third kappa shape index (κ3) is 1.33. The predicted molar refractivity (Wildman–Crippen MR) is 57.5 cm³/mol. The Balaban J connectivity index is 1.87. The SMILES string of the molecule is CCC(CC)C1CC2C(C(C)C)C12. The van der Waals surface area contributed by atoms with Gasteiger partial charge in [-0.1, -0.05) is 40.5 Å². The van der Waals surface area contributed by atoms with Crippen LogP contribution < -0.4 is 0 Å². The van der Waals surface area contributed by atoms with Gasteiger partial charge in [-0.2, -0.15) is 0 Å². The highest BCUT2D eigenvalue weighted by Gasteiger charge is 2.64. The minimum atomic E-state index is 0.953. The van der Waals surface area contributed by atoms with E-state index in [9.17, 15) is 0 Å². The molecule has 2 aliphatic carbocycles. The van der Waals surface area contributed by atoms with Gasteiger partial charge in [-0.25, -0.2) is 0 Å². The average molecular weight is 180 g/mol. The zero-order chi connectivity index (χ0) is 9.59. The van der Waals surface area contributed by atoms with E-state index in [4.69, 9.17) is 0 Å². The van der Waals surface area contributed by atoms with Crippen molar-refractivity contribution in [1.29, 1.82) is 0 Å². The highest BCUT2D eigenvalue weighted by atomic mass is 14.7. The highest BCUT2D eigenvalue weighted by molar-refractivity contribution is 5.11. The average Bonchev–Trinajstić information content (AvgIpc) is 2.66. The van der Waals surface area contributed by atoms with Crippen LogP contribution in [0.5, 0.6) is 0 Å². The number of hydrogen-bond donors (Lipinski definition) is 0. The number of hydrogen-bond acceptors (Lipinski definition) is 0. The fourth-order valence-corrected chi connectivity index (χ4v) is 3.96. The van der Waals surface area contributed by atoms with Crippen molar-refractivity contribution in [3.05, 3.63) is 0 Å². The van der Waals surface area contributed by atoms with Crippen molar-refractivity contribution < 1.29 is 0 Å². The zero-order valence-electron chi connectivity index (χ0n) is 9.59. The van der Waals surface area contributed by atoms with Crippen LogP contribution in [0.3, 0.4) is 0 Å². The van der Waals surface area contributed by atoms with Crippen LogP contribution in [0.15, 0.2) is 0 Å². The van der Waals surface area contributed by atoms with Crippen LogP contribution >= 0.6 is 0 Å². The molecule has 0 aromatic rings. The Kier molecular flexibility index (Phi) is 2.42.